The first-order valence-corrected chi connectivity index (χ1v) is 8.21. The van der Waals surface area contributed by atoms with Crippen LogP contribution in [0.3, 0.4) is 0 Å². The van der Waals surface area contributed by atoms with Gasteiger partial charge in [-0.05, 0) is 30.7 Å². The molecule has 0 radical (unpaired) electrons. The van der Waals surface area contributed by atoms with Gasteiger partial charge in [0.25, 0.3) is 5.91 Å². The molecule has 0 bridgehead atoms. The van der Waals surface area contributed by atoms with Gasteiger partial charge in [-0.25, -0.2) is 4.98 Å². The predicted octanol–water partition coefficient (Wildman–Crippen LogP) is 3.21. The van der Waals surface area contributed by atoms with Crippen molar-refractivity contribution in [2.45, 2.75) is 20.1 Å². The van der Waals surface area contributed by atoms with Crippen molar-refractivity contribution in [3.05, 3.63) is 65.5 Å². The van der Waals surface area contributed by atoms with E-state index < -0.39 is 25.0 Å². The summed E-state index contributed by atoms with van der Waals surface area (Å²) in [5, 5.41) is 2.45. The van der Waals surface area contributed by atoms with Crippen molar-refractivity contribution in [2.75, 3.05) is 6.54 Å². The summed E-state index contributed by atoms with van der Waals surface area (Å²) in [5.41, 5.74) is 1.86. The van der Waals surface area contributed by atoms with Gasteiger partial charge in [0, 0.05) is 5.56 Å². The zero-order valence-electron chi connectivity index (χ0n) is 14.5. The third-order valence-corrected chi connectivity index (χ3v) is 4.01. The molecule has 0 saturated carbocycles. The number of halogens is 2. The fourth-order valence-electron chi connectivity index (χ4n) is 2.69. The van der Waals surface area contributed by atoms with E-state index in [0.717, 1.165) is 5.56 Å². The number of esters is 1. The number of nitrogens with one attached hydrogen (secondary N) is 1. The summed E-state index contributed by atoms with van der Waals surface area (Å²) in [5.74, 6) is -1.22. The Morgan fingerprint density at radius 3 is 2.59 bits per heavy atom. The highest BCUT2D eigenvalue weighted by Gasteiger charge is 2.19. The number of amides is 1. The predicted molar refractivity (Wildman–Crippen MR) is 94.3 cm³/mol. The Balaban J connectivity index is 1.61. The summed E-state index contributed by atoms with van der Waals surface area (Å²) in [4.78, 5) is 28.0. The summed E-state index contributed by atoms with van der Waals surface area (Å²) in [6.07, 6.45) is 0. The average molecular weight is 373 g/mol. The van der Waals surface area contributed by atoms with Gasteiger partial charge in [-0.3, -0.25) is 14.2 Å². The SMILES string of the molecule is Cc1ccccc1C(=O)NCC(=O)OCc1nc2ccccc2n1C(F)F. The van der Waals surface area contributed by atoms with Crippen LogP contribution in [0.2, 0.25) is 0 Å². The number of hydrogen-bond donors (Lipinski definition) is 1. The van der Waals surface area contributed by atoms with E-state index in [0.29, 0.717) is 15.6 Å². The first kappa shape index (κ1) is 18.5. The number of nitrogens with zero attached hydrogens (tertiary/aromatic N) is 2. The van der Waals surface area contributed by atoms with E-state index in [1.54, 1.807) is 49.4 Å². The van der Waals surface area contributed by atoms with Crippen LogP contribution in [-0.4, -0.2) is 28.0 Å². The Hall–Kier alpha value is -3.29. The van der Waals surface area contributed by atoms with Gasteiger partial charge in [-0.15, -0.1) is 0 Å². The lowest BCUT2D eigenvalue weighted by molar-refractivity contribution is -0.144. The van der Waals surface area contributed by atoms with Crippen molar-refractivity contribution in [1.82, 2.24) is 14.9 Å². The number of hydrogen-bond acceptors (Lipinski definition) is 4. The lowest BCUT2D eigenvalue weighted by Gasteiger charge is -2.09. The average Bonchev–Trinajstić information content (AvgIpc) is 3.03. The van der Waals surface area contributed by atoms with E-state index in [1.807, 2.05) is 0 Å². The number of aryl methyl sites for hydroxylation is 1. The maximum absolute atomic E-state index is 13.3. The van der Waals surface area contributed by atoms with Gasteiger partial charge in [0.2, 0.25) is 0 Å². The lowest BCUT2D eigenvalue weighted by Crippen LogP contribution is -2.31. The second kappa shape index (κ2) is 7.94. The largest absolute Gasteiger partial charge is 0.456 e. The van der Waals surface area contributed by atoms with Crippen LogP contribution in [0.25, 0.3) is 11.0 Å². The van der Waals surface area contributed by atoms with E-state index in [1.165, 1.54) is 6.07 Å². The zero-order valence-corrected chi connectivity index (χ0v) is 14.5. The molecule has 8 heteroatoms. The quantitative estimate of drug-likeness (QED) is 0.674. The minimum absolute atomic E-state index is 0.0650. The third kappa shape index (κ3) is 4.11. The van der Waals surface area contributed by atoms with Gasteiger partial charge in [0.1, 0.15) is 13.2 Å². The number of benzene rings is 2. The topological polar surface area (TPSA) is 73.2 Å². The molecule has 140 valence electrons. The number of rotatable bonds is 6. The highest BCUT2D eigenvalue weighted by molar-refractivity contribution is 5.97. The number of para-hydroxylation sites is 2. The van der Waals surface area contributed by atoms with Crippen LogP contribution in [-0.2, 0) is 16.1 Å². The molecule has 0 aliphatic rings. The second-order valence-corrected chi connectivity index (χ2v) is 5.82. The Morgan fingerprint density at radius 1 is 1.15 bits per heavy atom. The molecule has 3 aromatic rings. The fraction of sp³-hybridized carbons (Fsp3) is 0.211. The number of imidazole rings is 1. The highest BCUT2D eigenvalue weighted by atomic mass is 19.3. The summed E-state index contributed by atoms with van der Waals surface area (Å²) < 4.78 is 32.4. The molecule has 0 spiro atoms. The Morgan fingerprint density at radius 2 is 1.85 bits per heavy atom. The number of ether oxygens (including phenoxy) is 1. The van der Waals surface area contributed by atoms with Crippen molar-refractivity contribution in [1.29, 1.82) is 0 Å². The van der Waals surface area contributed by atoms with Crippen molar-refractivity contribution in [3.63, 3.8) is 0 Å². The molecule has 1 N–H and O–H groups in total. The molecule has 2 aromatic carbocycles. The van der Waals surface area contributed by atoms with Crippen molar-refractivity contribution >= 4 is 22.9 Å². The van der Waals surface area contributed by atoms with Gasteiger partial charge in [0.05, 0.1) is 11.0 Å². The van der Waals surface area contributed by atoms with E-state index >= 15 is 0 Å². The monoisotopic (exact) mass is 373 g/mol. The van der Waals surface area contributed by atoms with E-state index in [-0.39, 0.29) is 17.9 Å². The van der Waals surface area contributed by atoms with Crippen LogP contribution in [0.15, 0.2) is 48.5 Å². The summed E-state index contributed by atoms with van der Waals surface area (Å²) >= 11 is 0. The molecule has 0 unspecified atom stereocenters. The zero-order chi connectivity index (χ0) is 19.4. The second-order valence-electron chi connectivity index (χ2n) is 5.82. The number of aromatic nitrogens is 2. The minimum atomic E-state index is -2.81. The molecule has 6 nitrogen and oxygen atoms in total. The number of carbonyl (C=O) groups excluding carboxylic acids is 2. The lowest BCUT2D eigenvalue weighted by atomic mass is 10.1. The van der Waals surface area contributed by atoms with Gasteiger partial charge in [-0.2, -0.15) is 8.78 Å². The molecule has 1 amide bonds. The molecule has 0 aliphatic carbocycles. The summed E-state index contributed by atoms with van der Waals surface area (Å²) in [6, 6.07) is 13.4. The van der Waals surface area contributed by atoms with E-state index in [9.17, 15) is 18.4 Å². The Labute approximate surface area is 153 Å². The van der Waals surface area contributed by atoms with Crippen LogP contribution >= 0.6 is 0 Å². The van der Waals surface area contributed by atoms with Gasteiger partial charge in [0.15, 0.2) is 5.82 Å². The van der Waals surface area contributed by atoms with Crippen LogP contribution in [0, 0.1) is 6.92 Å². The molecule has 0 aliphatic heterocycles. The molecular weight excluding hydrogens is 356 g/mol. The first-order valence-electron chi connectivity index (χ1n) is 8.21. The van der Waals surface area contributed by atoms with Gasteiger partial charge in [-0.1, -0.05) is 30.3 Å². The molecule has 1 heterocycles. The molecule has 0 saturated heterocycles. The molecule has 27 heavy (non-hydrogen) atoms. The van der Waals surface area contributed by atoms with E-state index in [4.69, 9.17) is 4.74 Å². The molecule has 0 fully saturated rings. The third-order valence-electron chi connectivity index (χ3n) is 4.01. The molecule has 1 aromatic heterocycles. The van der Waals surface area contributed by atoms with Crippen LogP contribution in [0.1, 0.15) is 28.3 Å². The van der Waals surface area contributed by atoms with Gasteiger partial charge < -0.3 is 10.1 Å². The maximum atomic E-state index is 13.3. The summed E-state index contributed by atoms with van der Waals surface area (Å²) in [6.45, 7) is -1.82. The van der Waals surface area contributed by atoms with E-state index in [2.05, 4.69) is 10.3 Å². The standard InChI is InChI=1S/C19H17F2N3O3/c1-12-6-2-3-7-13(12)18(26)22-10-17(25)27-11-16-23-14-8-4-5-9-15(14)24(16)19(20)21/h2-9,19H,10-11H2,1H3,(H,22,26). The number of alkyl halides is 2. The number of fused-ring (bicyclic) bond motifs is 1. The van der Waals surface area contributed by atoms with Crippen molar-refractivity contribution < 1.29 is 23.1 Å². The molecule has 3 rings (SSSR count). The molecular formula is C19H17F2N3O3. The Kier molecular flexibility index (Phi) is 5.44. The van der Waals surface area contributed by atoms with Crippen LogP contribution in [0.5, 0.6) is 0 Å². The smallest absolute Gasteiger partial charge is 0.325 e. The minimum Gasteiger partial charge on any atom is -0.456 e. The van der Waals surface area contributed by atoms with Crippen LogP contribution < -0.4 is 5.32 Å². The van der Waals surface area contributed by atoms with Crippen molar-refractivity contribution in [2.24, 2.45) is 0 Å². The number of carbonyl (C=O) groups is 2. The Bertz CT molecular complexity index is 985. The van der Waals surface area contributed by atoms with Crippen LogP contribution in [0.4, 0.5) is 8.78 Å². The first-order chi connectivity index (χ1) is 13.0. The molecule has 0 atom stereocenters. The highest BCUT2D eigenvalue weighted by Crippen LogP contribution is 2.23. The fourth-order valence-corrected chi connectivity index (χ4v) is 2.69. The van der Waals surface area contributed by atoms with Crippen molar-refractivity contribution in [3.8, 4) is 0 Å². The maximum Gasteiger partial charge on any atom is 0.325 e. The summed E-state index contributed by atoms with van der Waals surface area (Å²) in [7, 11) is 0. The van der Waals surface area contributed by atoms with Gasteiger partial charge >= 0.3 is 12.5 Å². The normalized spacial score (nSPS) is 11.0.